The van der Waals surface area contributed by atoms with Crippen molar-refractivity contribution in [3.63, 3.8) is 0 Å². The fourth-order valence-electron chi connectivity index (χ4n) is 0.942. The van der Waals surface area contributed by atoms with Gasteiger partial charge in [0, 0.05) is 19.0 Å². The van der Waals surface area contributed by atoms with Gasteiger partial charge in [0.15, 0.2) is 0 Å². The monoisotopic (exact) mass is 238 g/mol. The predicted molar refractivity (Wildman–Crippen MR) is 56.7 cm³/mol. The normalized spacial score (nSPS) is 13.7. The molecule has 6 nitrogen and oxygen atoms in total. The van der Waals surface area contributed by atoms with Gasteiger partial charge in [-0.25, -0.2) is 4.72 Å². The van der Waals surface area contributed by atoms with Gasteiger partial charge in [-0.3, -0.25) is 4.79 Å². The Kier molecular flexibility index (Phi) is 6.46. The Morgan fingerprint density at radius 2 is 2.07 bits per heavy atom. The quantitative estimate of drug-likeness (QED) is 0.557. The van der Waals surface area contributed by atoms with Crippen LogP contribution in [0.25, 0.3) is 0 Å². The highest BCUT2D eigenvalue weighted by atomic mass is 32.2. The third-order valence-electron chi connectivity index (χ3n) is 1.69. The molecule has 90 valence electrons. The summed E-state index contributed by atoms with van der Waals surface area (Å²) in [6.07, 6.45) is 0.949. The first-order valence-electron chi connectivity index (χ1n) is 4.86. The first-order chi connectivity index (χ1) is 6.87. The van der Waals surface area contributed by atoms with Crippen LogP contribution in [0.3, 0.4) is 0 Å². The van der Waals surface area contributed by atoms with E-state index < -0.39 is 16.2 Å². The molecule has 0 fully saturated rings. The van der Waals surface area contributed by atoms with Gasteiger partial charge in [-0.1, -0.05) is 6.92 Å². The molecule has 0 heterocycles. The third kappa shape index (κ3) is 8.34. The molecule has 15 heavy (non-hydrogen) atoms. The zero-order valence-electron chi connectivity index (χ0n) is 8.99. The van der Waals surface area contributed by atoms with Crippen LogP contribution in [-0.4, -0.2) is 32.1 Å². The third-order valence-corrected chi connectivity index (χ3v) is 2.99. The van der Waals surface area contributed by atoms with Crippen LogP contribution in [0, 0.1) is 0 Å². The lowest BCUT2D eigenvalue weighted by Crippen LogP contribution is -2.41. The molecule has 1 atom stereocenters. The van der Waals surface area contributed by atoms with Gasteiger partial charge in [0.05, 0.1) is 0 Å². The minimum atomic E-state index is -3.48. The first kappa shape index (κ1) is 14.3. The molecule has 7 heteroatoms. The van der Waals surface area contributed by atoms with Gasteiger partial charge in [0.2, 0.25) is 0 Å². The molecule has 0 amide bonds. The fourth-order valence-corrected chi connectivity index (χ4v) is 2.15. The maximum Gasteiger partial charge on any atom is 0.303 e. The van der Waals surface area contributed by atoms with E-state index in [2.05, 4.69) is 9.44 Å². The Hall–Kier alpha value is -0.660. The maximum absolute atomic E-state index is 11.3. The second-order valence-electron chi connectivity index (χ2n) is 3.35. The molecule has 0 rings (SSSR count). The van der Waals surface area contributed by atoms with Crippen LogP contribution in [0.1, 0.15) is 33.1 Å². The van der Waals surface area contributed by atoms with E-state index in [1.807, 2.05) is 6.92 Å². The van der Waals surface area contributed by atoms with E-state index in [4.69, 9.17) is 5.11 Å². The topological polar surface area (TPSA) is 95.5 Å². The molecule has 0 aromatic heterocycles. The summed E-state index contributed by atoms with van der Waals surface area (Å²) in [6, 6.07) is -0.379. The Bertz CT molecular complexity index is 289. The van der Waals surface area contributed by atoms with Gasteiger partial charge in [0.1, 0.15) is 0 Å². The largest absolute Gasteiger partial charge is 0.481 e. The fraction of sp³-hybridized carbons (Fsp3) is 0.875. The lowest BCUT2D eigenvalue weighted by molar-refractivity contribution is -0.137. The average Bonchev–Trinajstić information content (AvgIpc) is 2.11. The van der Waals surface area contributed by atoms with E-state index in [9.17, 15) is 13.2 Å². The van der Waals surface area contributed by atoms with Gasteiger partial charge in [-0.15, -0.1) is 0 Å². The molecule has 0 aliphatic rings. The van der Waals surface area contributed by atoms with E-state index in [1.54, 1.807) is 6.92 Å². The van der Waals surface area contributed by atoms with Crippen LogP contribution in [0.4, 0.5) is 0 Å². The van der Waals surface area contributed by atoms with Crippen molar-refractivity contribution in [2.24, 2.45) is 0 Å². The summed E-state index contributed by atoms with van der Waals surface area (Å²) in [4.78, 5) is 10.2. The molecular formula is C8H18N2O4S. The summed E-state index contributed by atoms with van der Waals surface area (Å²) in [6.45, 7) is 3.87. The Morgan fingerprint density at radius 1 is 1.47 bits per heavy atom. The van der Waals surface area contributed by atoms with Crippen molar-refractivity contribution in [1.82, 2.24) is 9.44 Å². The summed E-state index contributed by atoms with van der Waals surface area (Å²) in [5, 5.41) is 8.41. The summed E-state index contributed by atoms with van der Waals surface area (Å²) in [5.41, 5.74) is 0. The minimum Gasteiger partial charge on any atom is -0.481 e. The second-order valence-corrected chi connectivity index (χ2v) is 4.88. The molecule has 0 aromatic rings. The summed E-state index contributed by atoms with van der Waals surface area (Å²) in [5.74, 6) is -0.928. The van der Waals surface area contributed by atoms with E-state index in [1.165, 1.54) is 0 Å². The molecule has 0 bridgehead atoms. The van der Waals surface area contributed by atoms with Crippen LogP contribution in [-0.2, 0) is 15.0 Å². The molecular weight excluding hydrogens is 220 g/mol. The number of carboxylic acids is 1. The Morgan fingerprint density at radius 3 is 2.53 bits per heavy atom. The number of hydrogen-bond donors (Lipinski definition) is 3. The van der Waals surface area contributed by atoms with Gasteiger partial charge in [0.25, 0.3) is 10.2 Å². The average molecular weight is 238 g/mol. The molecule has 0 saturated heterocycles. The van der Waals surface area contributed by atoms with E-state index in [-0.39, 0.29) is 18.9 Å². The van der Waals surface area contributed by atoms with Crippen molar-refractivity contribution in [2.75, 3.05) is 6.54 Å². The summed E-state index contributed by atoms with van der Waals surface area (Å²) in [7, 11) is -3.48. The van der Waals surface area contributed by atoms with Crippen LogP contribution >= 0.6 is 0 Å². The Labute approximate surface area is 90.2 Å². The van der Waals surface area contributed by atoms with Gasteiger partial charge < -0.3 is 5.11 Å². The van der Waals surface area contributed by atoms with E-state index in [0.29, 0.717) is 13.0 Å². The molecule has 0 radical (unpaired) electrons. The number of aliphatic carboxylic acids is 1. The van der Waals surface area contributed by atoms with Crippen LogP contribution in [0.5, 0.6) is 0 Å². The van der Waals surface area contributed by atoms with Crippen LogP contribution in [0.2, 0.25) is 0 Å². The number of rotatable bonds is 8. The molecule has 3 N–H and O–H groups in total. The summed E-state index contributed by atoms with van der Waals surface area (Å²) >= 11 is 0. The van der Waals surface area contributed by atoms with Crippen molar-refractivity contribution >= 4 is 16.2 Å². The predicted octanol–water partition coefficient (Wildman–Crippen LogP) is 0.0737. The summed E-state index contributed by atoms with van der Waals surface area (Å²) < 4.78 is 27.2. The zero-order chi connectivity index (χ0) is 11.9. The first-order valence-corrected chi connectivity index (χ1v) is 6.34. The molecule has 0 aliphatic heterocycles. The number of carbonyl (C=O) groups is 1. The lowest BCUT2D eigenvalue weighted by Gasteiger charge is -2.13. The van der Waals surface area contributed by atoms with Crippen molar-refractivity contribution in [3.05, 3.63) is 0 Å². The molecule has 0 saturated carbocycles. The lowest BCUT2D eigenvalue weighted by atomic mass is 10.2. The second kappa shape index (κ2) is 6.76. The molecule has 0 spiro atoms. The highest BCUT2D eigenvalue weighted by Crippen LogP contribution is 1.97. The zero-order valence-corrected chi connectivity index (χ0v) is 9.80. The molecule has 0 aliphatic carbocycles. The maximum atomic E-state index is 11.3. The van der Waals surface area contributed by atoms with Crippen molar-refractivity contribution < 1.29 is 18.3 Å². The highest BCUT2D eigenvalue weighted by molar-refractivity contribution is 7.87. The van der Waals surface area contributed by atoms with Crippen molar-refractivity contribution in [2.45, 2.75) is 39.2 Å². The number of hydrogen-bond acceptors (Lipinski definition) is 3. The van der Waals surface area contributed by atoms with Crippen molar-refractivity contribution in [3.8, 4) is 0 Å². The van der Waals surface area contributed by atoms with Crippen LogP contribution < -0.4 is 9.44 Å². The smallest absolute Gasteiger partial charge is 0.303 e. The standard InChI is InChI=1S/C8H18N2O4S/c1-3-6-9-15(13,14)10-7(2)4-5-8(11)12/h7,9-10H,3-6H2,1-2H3,(H,11,12). The number of carboxylic acid groups (broad SMARTS) is 1. The van der Waals surface area contributed by atoms with E-state index >= 15 is 0 Å². The highest BCUT2D eigenvalue weighted by Gasteiger charge is 2.13. The van der Waals surface area contributed by atoms with Gasteiger partial charge in [-0.05, 0) is 19.8 Å². The van der Waals surface area contributed by atoms with Crippen LogP contribution in [0.15, 0.2) is 0 Å². The van der Waals surface area contributed by atoms with Crippen molar-refractivity contribution in [1.29, 1.82) is 0 Å². The SMILES string of the molecule is CCCNS(=O)(=O)NC(C)CCC(=O)O. The van der Waals surface area contributed by atoms with Gasteiger partial charge >= 0.3 is 5.97 Å². The molecule has 1 unspecified atom stereocenters. The minimum absolute atomic E-state index is 0.0442. The number of nitrogens with one attached hydrogen (secondary N) is 2. The van der Waals surface area contributed by atoms with Gasteiger partial charge in [-0.2, -0.15) is 13.1 Å². The Balaban J connectivity index is 3.93. The molecule has 0 aromatic carbocycles. The van der Waals surface area contributed by atoms with E-state index in [0.717, 1.165) is 0 Å².